The summed E-state index contributed by atoms with van der Waals surface area (Å²) in [6.07, 6.45) is -51.6. The maximum atomic E-state index is 12.0. The smallest absolute Gasteiger partial charge is 0.187 e. The van der Waals surface area contributed by atoms with Gasteiger partial charge >= 0.3 is 0 Å². The largest absolute Gasteiger partial charge is 0.394 e. The molecule has 22 rings (SSSR count). The van der Waals surface area contributed by atoms with Crippen LogP contribution in [0.5, 0.6) is 0 Å². The highest BCUT2D eigenvalue weighted by Gasteiger charge is 2.59. The van der Waals surface area contributed by atoms with Gasteiger partial charge in [-0.05, 0) is 19.3 Å². The molecule has 0 aromatic carbocycles. The monoisotopic (exact) mass is 1100 g/mol. The Morgan fingerprint density at radius 1 is 0.253 bits per heavy atom. The molecule has 30 heteroatoms. The van der Waals surface area contributed by atoms with E-state index in [-0.39, 0.29) is 19.8 Å². The van der Waals surface area contributed by atoms with Crippen molar-refractivity contribution in [1.82, 2.24) is 0 Å². The molecule has 22 heterocycles. The van der Waals surface area contributed by atoms with Gasteiger partial charge in [-0.2, -0.15) is 0 Å². The SMILES string of the molecule is CCCO[C@@H]1[C@@H](O)[C@H]2O[C@@H]3[C@H](OCCC)[C@@H](O)[C@@H](O[C@@H]4[C@H](OCCC)[C@@H](O)[C@@H](O[C@H]5[C@H](O)[C@@H](O)[C@@H](O[C@H]6[C@H](O)[C@@H](O)[C@@H](O[C@H]7[C@H](O)[C@@H](O)[C@@H](O[C@H]1[C@@H](CO)O2)O[C@@H]7CO)O[C@@H]6CO)O[C@@H]5CO)O[C@@H]4CO)O[C@@H]3CO. The summed E-state index contributed by atoms with van der Waals surface area (Å²) in [6.45, 7) is -0.188. The molecule has 0 radical (unpaired) electrons. The highest BCUT2D eigenvalue weighted by molar-refractivity contribution is 5.01. The van der Waals surface area contributed by atoms with Gasteiger partial charge in [0, 0.05) is 19.8 Å². The van der Waals surface area contributed by atoms with E-state index in [0.29, 0.717) is 19.3 Å². The first-order valence-electron chi connectivity index (χ1n) is 25.5. The molecule has 0 spiro atoms. The molecule has 0 aromatic rings. The van der Waals surface area contributed by atoms with Gasteiger partial charge in [0.15, 0.2) is 37.7 Å². The molecule has 22 fully saturated rings. The molecule has 0 saturated carbocycles. The Bertz CT molecular complexity index is 1660. The van der Waals surface area contributed by atoms with Gasteiger partial charge in [0.05, 0.1) is 39.6 Å². The maximum absolute atomic E-state index is 12.0. The van der Waals surface area contributed by atoms with E-state index in [1.807, 2.05) is 0 Å². The van der Waals surface area contributed by atoms with Gasteiger partial charge in [0.2, 0.25) is 0 Å². The first-order valence-corrected chi connectivity index (χ1v) is 25.5. The van der Waals surface area contributed by atoms with Crippen molar-refractivity contribution in [3.8, 4) is 0 Å². The van der Waals surface area contributed by atoms with Gasteiger partial charge in [-0.15, -0.1) is 0 Å². The molecule has 22 aliphatic rings. The van der Waals surface area contributed by atoms with Crippen LogP contribution >= 0.6 is 0 Å². The third-order valence-corrected chi connectivity index (χ3v) is 14.1. The van der Waals surface area contributed by atoms with E-state index in [0.717, 1.165) is 0 Å². The number of ether oxygens (including phenoxy) is 15. The van der Waals surface area contributed by atoms with Crippen molar-refractivity contribution in [3.05, 3.63) is 0 Å². The summed E-state index contributed by atoms with van der Waals surface area (Å²) in [5.41, 5.74) is 0. The average molecular weight is 1100 g/mol. The zero-order valence-electron chi connectivity index (χ0n) is 41.6. The predicted octanol–water partition coefficient (Wildman–Crippen LogP) is -8.75. The van der Waals surface area contributed by atoms with E-state index in [2.05, 4.69) is 0 Å². The van der Waals surface area contributed by atoms with Crippen LogP contribution in [0.15, 0.2) is 0 Å². The van der Waals surface area contributed by atoms with Crippen molar-refractivity contribution in [2.45, 2.75) is 224 Å². The molecule has 0 amide bonds. The molecular weight excluding hydrogens is 1020 g/mol. The number of hydrogen-bond donors (Lipinski definition) is 15. The molecule has 0 unspecified atom stereocenters. The Balaban J connectivity index is 1.26. The van der Waals surface area contributed by atoms with Crippen molar-refractivity contribution in [2.75, 3.05) is 59.5 Å². The number of aliphatic hydroxyl groups is 15. The lowest BCUT2D eigenvalue weighted by atomic mass is 9.94. The molecule has 75 heavy (non-hydrogen) atoms. The zero-order valence-corrected chi connectivity index (χ0v) is 41.6. The third kappa shape index (κ3) is 13.1. The summed E-state index contributed by atoms with van der Waals surface area (Å²) in [5, 5.41) is 168. The van der Waals surface area contributed by atoms with Crippen molar-refractivity contribution in [1.29, 1.82) is 0 Å². The Hall–Kier alpha value is -1.20. The standard InChI is InChI=1S/C45H78O30/c1-4-7-61-37-28(58)43-67-20(14-50)35(37)74-45-30(60)39(63-9-6-3)36(21(15-51)69-45)75-44-29(59)38(62-8-5-2)34(19(13-49)68-44)73-42-27(57)24(54)32(17(11-47)66-42)71-40-25(55)22(52)31(16(10-46)64-40)70-41-26(56)23(53)33(72-43)18(12-48)65-41/h16-60H,4-15H2,1-3H3/t16-,17-,18-,19-,20-,21-,22-,23-,24-,25-,26-,27-,28-,29-,30-,31-,32-,33-,34+,35+,36+,37-,38-,39-,40-,41-,42-,43-,44-,45-/m1/s1. The van der Waals surface area contributed by atoms with Crippen LogP contribution in [0.4, 0.5) is 0 Å². The predicted molar refractivity (Wildman–Crippen MR) is 238 cm³/mol. The van der Waals surface area contributed by atoms with Crippen LogP contribution in [0.3, 0.4) is 0 Å². The normalized spacial score (nSPS) is 50.2. The van der Waals surface area contributed by atoms with Crippen LogP contribution in [0.25, 0.3) is 0 Å². The number of hydrogen-bond acceptors (Lipinski definition) is 30. The second kappa shape index (κ2) is 28.0. The fourth-order valence-corrected chi connectivity index (χ4v) is 10.2. The Kier molecular flexibility index (Phi) is 22.9. The molecule has 22 saturated heterocycles. The van der Waals surface area contributed by atoms with E-state index in [1.54, 1.807) is 20.8 Å². The fourth-order valence-electron chi connectivity index (χ4n) is 10.2. The first-order chi connectivity index (χ1) is 36.0. The van der Waals surface area contributed by atoms with Crippen LogP contribution in [0, 0.1) is 0 Å². The van der Waals surface area contributed by atoms with Gasteiger partial charge in [-0.3, -0.25) is 0 Å². The number of rotatable bonds is 15. The van der Waals surface area contributed by atoms with Crippen LogP contribution in [0.1, 0.15) is 40.0 Å². The minimum atomic E-state index is -2.12. The molecule has 22 aliphatic heterocycles. The average Bonchev–Trinajstić information content (AvgIpc) is 3.41. The van der Waals surface area contributed by atoms with E-state index in [9.17, 15) is 76.6 Å². The quantitative estimate of drug-likeness (QED) is 0.0724. The van der Waals surface area contributed by atoms with Crippen LogP contribution in [-0.2, 0) is 71.1 Å². The Morgan fingerprint density at radius 3 is 0.640 bits per heavy atom. The lowest BCUT2D eigenvalue weighted by Crippen LogP contribution is -2.69. The second-order valence-electron chi connectivity index (χ2n) is 19.4. The second-order valence-corrected chi connectivity index (χ2v) is 19.4. The lowest BCUT2D eigenvalue weighted by Gasteiger charge is -2.51. The molecule has 12 bridgehead atoms. The number of aliphatic hydroxyl groups excluding tert-OH is 15. The van der Waals surface area contributed by atoms with Crippen molar-refractivity contribution >= 4 is 0 Å². The summed E-state index contributed by atoms with van der Waals surface area (Å²) < 4.78 is 90.1. The highest BCUT2D eigenvalue weighted by Crippen LogP contribution is 2.39. The van der Waals surface area contributed by atoms with E-state index in [1.165, 1.54) is 0 Å². The minimum Gasteiger partial charge on any atom is -0.394 e. The van der Waals surface area contributed by atoms with Gasteiger partial charge in [0.1, 0.15) is 146 Å². The Labute approximate surface area is 430 Å². The van der Waals surface area contributed by atoms with E-state index < -0.39 is 224 Å². The van der Waals surface area contributed by atoms with Crippen molar-refractivity contribution in [2.24, 2.45) is 0 Å². The maximum Gasteiger partial charge on any atom is 0.187 e. The van der Waals surface area contributed by atoms with Crippen molar-refractivity contribution in [3.63, 3.8) is 0 Å². The molecule has 15 N–H and O–H groups in total. The summed E-state index contributed by atoms with van der Waals surface area (Å²) in [5.74, 6) is 0. The van der Waals surface area contributed by atoms with Gasteiger partial charge in [-0.25, -0.2) is 0 Å². The first kappa shape index (κ1) is 61.4. The van der Waals surface area contributed by atoms with Gasteiger partial charge < -0.3 is 148 Å². The highest BCUT2D eigenvalue weighted by atomic mass is 16.8. The molecule has 438 valence electrons. The minimum absolute atomic E-state index is 0.00682. The molecule has 0 aromatic heterocycles. The summed E-state index contributed by atoms with van der Waals surface area (Å²) in [6, 6.07) is 0. The van der Waals surface area contributed by atoms with Gasteiger partial charge in [0.25, 0.3) is 0 Å². The fraction of sp³-hybridized carbons (Fsp3) is 1.00. The summed E-state index contributed by atoms with van der Waals surface area (Å²) in [4.78, 5) is 0. The van der Waals surface area contributed by atoms with E-state index >= 15 is 0 Å². The Morgan fingerprint density at radius 2 is 0.440 bits per heavy atom. The zero-order chi connectivity index (χ0) is 54.4. The summed E-state index contributed by atoms with van der Waals surface area (Å²) >= 11 is 0. The third-order valence-electron chi connectivity index (χ3n) is 14.1. The summed E-state index contributed by atoms with van der Waals surface area (Å²) in [7, 11) is 0. The van der Waals surface area contributed by atoms with Crippen LogP contribution < -0.4 is 0 Å². The van der Waals surface area contributed by atoms with Gasteiger partial charge in [-0.1, -0.05) is 20.8 Å². The molecule has 30 nitrogen and oxygen atoms in total. The molecular formula is C45H78O30. The molecule has 30 atom stereocenters. The van der Waals surface area contributed by atoms with Crippen LogP contribution in [-0.4, -0.2) is 320 Å². The molecule has 0 aliphatic carbocycles. The lowest BCUT2D eigenvalue weighted by molar-refractivity contribution is -0.406. The van der Waals surface area contributed by atoms with E-state index in [4.69, 9.17) is 71.1 Å². The topological polar surface area (TPSA) is 442 Å². The van der Waals surface area contributed by atoms with Crippen molar-refractivity contribution < 1.29 is 148 Å². The van der Waals surface area contributed by atoms with Crippen LogP contribution in [0.2, 0.25) is 0 Å².